The third-order valence-electron chi connectivity index (χ3n) is 6.78. The molecule has 4 amide bonds. The van der Waals surface area contributed by atoms with Crippen LogP contribution in [0.2, 0.25) is 5.02 Å². The molecule has 0 radical (unpaired) electrons. The van der Waals surface area contributed by atoms with Gasteiger partial charge in [0.1, 0.15) is 23.7 Å². The van der Waals surface area contributed by atoms with Crippen molar-refractivity contribution in [2.24, 2.45) is 0 Å². The van der Waals surface area contributed by atoms with Gasteiger partial charge in [-0.2, -0.15) is 13.2 Å². The number of ether oxygens (including phenoxy) is 2. The van der Waals surface area contributed by atoms with Crippen LogP contribution in [0.25, 0.3) is 16.8 Å². The van der Waals surface area contributed by atoms with E-state index in [4.69, 9.17) is 21.1 Å². The van der Waals surface area contributed by atoms with Gasteiger partial charge in [-0.1, -0.05) is 48.0 Å². The largest absolute Gasteiger partial charge is 0.497 e. The van der Waals surface area contributed by atoms with Crippen LogP contribution >= 0.6 is 11.6 Å². The summed E-state index contributed by atoms with van der Waals surface area (Å²) in [5.41, 5.74) is 0.0445. The fourth-order valence-corrected chi connectivity index (χ4v) is 4.77. The summed E-state index contributed by atoms with van der Waals surface area (Å²) in [5, 5.41) is 3.72. The summed E-state index contributed by atoms with van der Waals surface area (Å²) < 4.78 is 51.6. The van der Waals surface area contributed by atoms with Crippen molar-refractivity contribution in [1.29, 1.82) is 0 Å². The maximum absolute atomic E-state index is 13.4. The van der Waals surface area contributed by atoms with E-state index in [0.29, 0.717) is 16.7 Å². The number of halogens is 4. The molecule has 0 saturated carbocycles. The SMILES string of the molecule is COc1ccc(/C=C2/C(=O)NC(=O)N(c3cc(C(F)(F)F)ccc3Cl)C2=O)c(OCc2c(C)ccc3ccccc23)c1. The predicted octanol–water partition coefficient (Wildman–Crippen LogP) is 7.07. The minimum absolute atomic E-state index is 0.140. The number of hydrogen-bond donors (Lipinski definition) is 1. The highest BCUT2D eigenvalue weighted by Crippen LogP contribution is 2.37. The number of fused-ring (bicyclic) bond motifs is 1. The first-order valence-electron chi connectivity index (χ1n) is 12.5. The minimum Gasteiger partial charge on any atom is -0.497 e. The molecule has 1 heterocycles. The maximum atomic E-state index is 13.4. The minimum atomic E-state index is -4.76. The third-order valence-corrected chi connectivity index (χ3v) is 7.10. The van der Waals surface area contributed by atoms with E-state index in [0.717, 1.165) is 34.0 Å². The summed E-state index contributed by atoms with van der Waals surface area (Å²) in [7, 11) is 1.46. The molecule has 0 unspecified atom stereocenters. The number of nitrogens with zero attached hydrogens (tertiary/aromatic N) is 1. The highest BCUT2D eigenvalue weighted by Gasteiger charge is 2.39. The van der Waals surface area contributed by atoms with Gasteiger partial charge in [0.2, 0.25) is 0 Å². The van der Waals surface area contributed by atoms with E-state index in [9.17, 15) is 27.6 Å². The summed E-state index contributed by atoms with van der Waals surface area (Å²) >= 11 is 6.09. The van der Waals surface area contributed by atoms with Gasteiger partial charge in [-0.15, -0.1) is 0 Å². The van der Waals surface area contributed by atoms with Crippen molar-refractivity contribution in [3.8, 4) is 11.5 Å². The number of amides is 4. The number of aryl methyl sites for hydroxylation is 1. The summed E-state index contributed by atoms with van der Waals surface area (Å²) in [5.74, 6) is -1.49. The zero-order chi connectivity index (χ0) is 30.2. The summed E-state index contributed by atoms with van der Waals surface area (Å²) in [4.78, 5) is 39.3. The van der Waals surface area contributed by atoms with E-state index in [1.54, 1.807) is 18.2 Å². The van der Waals surface area contributed by atoms with Gasteiger partial charge in [0, 0.05) is 17.2 Å². The lowest BCUT2D eigenvalue weighted by Crippen LogP contribution is -2.54. The Balaban J connectivity index is 1.53. The summed E-state index contributed by atoms with van der Waals surface area (Å²) in [6.45, 7) is 2.09. The molecule has 0 atom stereocenters. The number of alkyl halides is 3. The Bertz CT molecular complexity index is 1780. The fourth-order valence-electron chi connectivity index (χ4n) is 4.56. The van der Waals surface area contributed by atoms with Gasteiger partial charge >= 0.3 is 12.2 Å². The van der Waals surface area contributed by atoms with Gasteiger partial charge in [-0.05, 0) is 59.7 Å². The van der Waals surface area contributed by atoms with Crippen LogP contribution in [0.4, 0.5) is 23.7 Å². The number of anilines is 1. The van der Waals surface area contributed by atoms with E-state index in [1.807, 2.05) is 48.6 Å². The van der Waals surface area contributed by atoms with Crippen molar-refractivity contribution in [2.75, 3.05) is 12.0 Å². The summed E-state index contributed by atoms with van der Waals surface area (Å²) in [6, 6.07) is 17.5. The van der Waals surface area contributed by atoms with Crippen LogP contribution in [0.5, 0.6) is 11.5 Å². The lowest BCUT2D eigenvalue weighted by Gasteiger charge is -2.27. The number of barbiturate groups is 1. The second-order valence-corrected chi connectivity index (χ2v) is 9.80. The number of rotatable bonds is 6. The van der Waals surface area contributed by atoms with Gasteiger partial charge in [0.25, 0.3) is 11.8 Å². The first-order chi connectivity index (χ1) is 20.0. The van der Waals surface area contributed by atoms with Crippen LogP contribution in [-0.2, 0) is 22.4 Å². The molecule has 42 heavy (non-hydrogen) atoms. The molecule has 0 bridgehead atoms. The Morgan fingerprint density at radius 2 is 1.74 bits per heavy atom. The molecule has 1 N–H and O–H groups in total. The molecule has 4 aromatic rings. The highest BCUT2D eigenvalue weighted by molar-refractivity contribution is 6.42. The Morgan fingerprint density at radius 3 is 2.48 bits per heavy atom. The molecular weight excluding hydrogens is 573 g/mol. The van der Waals surface area contributed by atoms with Gasteiger partial charge in [-0.25, -0.2) is 9.69 Å². The molecule has 4 aromatic carbocycles. The molecule has 11 heteroatoms. The van der Waals surface area contributed by atoms with Gasteiger partial charge in [0.05, 0.1) is 23.4 Å². The van der Waals surface area contributed by atoms with Crippen LogP contribution in [-0.4, -0.2) is 25.0 Å². The number of carbonyl (C=O) groups is 3. The van der Waals surface area contributed by atoms with Crippen molar-refractivity contribution in [3.05, 3.63) is 106 Å². The monoisotopic (exact) mass is 594 g/mol. The molecule has 0 spiro atoms. The lowest BCUT2D eigenvalue weighted by molar-refractivity contribution is -0.137. The second-order valence-electron chi connectivity index (χ2n) is 9.40. The van der Waals surface area contributed by atoms with E-state index in [1.165, 1.54) is 13.2 Å². The molecule has 1 aliphatic heterocycles. The average molecular weight is 595 g/mol. The van der Waals surface area contributed by atoms with E-state index in [-0.39, 0.29) is 22.9 Å². The molecule has 7 nitrogen and oxygen atoms in total. The Kier molecular flexibility index (Phi) is 7.66. The summed E-state index contributed by atoms with van der Waals surface area (Å²) in [6.07, 6.45) is -3.57. The standard InChI is InChI=1S/C31H22ClF3N2O5/c1-17-7-8-18-5-3-4-6-22(18)24(17)16-42-27-15-21(41-2)11-9-19(27)13-23-28(38)36-30(40)37(29(23)39)26-14-20(31(33,34)35)10-12-25(26)32/h3-15H,16H2,1-2H3,(H,36,38,40)/b23-13-. The van der Waals surface area contributed by atoms with Gasteiger partial charge < -0.3 is 9.47 Å². The van der Waals surface area contributed by atoms with Gasteiger partial charge in [-0.3, -0.25) is 14.9 Å². The van der Waals surface area contributed by atoms with Crippen LogP contribution < -0.4 is 19.7 Å². The Morgan fingerprint density at radius 1 is 0.976 bits per heavy atom. The van der Waals surface area contributed by atoms with Crippen LogP contribution in [0.3, 0.4) is 0 Å². The number of imide groups is 2. The molecule has 0 aromatic heterocycles. The van der Waals surface area contributed by atoms with Crippen LogP contribution in [0.1, 0.15) is 22.3 Å². The molecule has 5 rings (SSSR count). The van der Waals surface area contributed by atoms with Crippen molar-refractivity contribution in [2.45, 2.75) is 19.7 Å². The second kappa shape index (κ2) is 11.2. The highest BCUT2D eigenvalue weighted by atomic mass is 35.5. The predicted molar refractivity (Wildman–Crippen MR) is 151 cm³/mol. The lowest BCUT2D eigenvalue weighted by atomic mass is 10.0. The average Bonchev–Trinajstić information content (AvgIpc) is 2.95. The molecule has 1 fully saturated rings. The van der Waals surface area contributed by atoms with Gasteiger partial charge in [0.15, 0.2) is 0 Å². The number of methoxy groups -OCH3 is 1. The zero-order valence-electron chi connectivity index (χ0n) is 22.2. The molecule has 214 valence electrons. The number of benzene rings is 4. The number of nitrogens with one attached hydrogen (secondary N) is 1. The first-order valence-corrected chi connectivity index (χ1v) is 12.9. The fraction of sp³-hybridized carbons (Fsp3) is 0.129. The Hall–Kier alpha value is -4.83. The van der Waals surface area contributed by atoms with E-state index in [2.05, 4.69) is 0 Å². The van der Waals surface area contributed by atoms with Crippen molar-refractivity contribution in [1.82, 2.24) is 5.32 Å². The Labute approximate surface area is 243 Å². The molecule has 0 aliphatic carbocycles. The molecule has 1 aliphatic rings. The number of hydrogen-bond acceptors (Lipinski definition) is 5. The number of urea groups is 1. The van der Waals surface area contributed by atoms with Crippen LogP contribution in [0.15, 0.2) is 78.4 Å². The smallest absolute Gasteiger partial charge is 0.416 e. The quantitative estimate of drug-likeness (QED) is 0.191. The van der Waals surface area contributed by atoms with E-state index < -0.39 is 40.8 Å². The van der Waals surface area contributed by atoms with Crippen molar-refractivity contribution < 1.29 is 37.0 Å². The van der Waals surface area contributed by atoms with Crippen LogP contribution in [0, 0.1) is 6.92 Å². The third kappa shape index (κ3) is 5.53. The first kappa shape index (κ1) is 28.7. The van der Waals surface area contributed by atoms with E-state index >= 15 is 0 Å². The number of carbonyl (C=O) groups excluding carboxylic acids is 3. The zero-order valence-corrected chi connectivity index (χ0v) is 23.0. The topological polar surface area (TPSA) is 84.9 Å². The van der Waals surface area contributed by atoms with Crippen molar-refractivity contribution in [3.63, 3.8) is 0 Å². The normalized spacial score (nSPS) is 14.9. The van der Waals surface area contributed by atoms with Crippen molar-refractivity contribution >= 4 is 52.0 Å². The maximum Gasteiger partial charge on any atom is 0.416 e. The molecule has 1 saturated heterocycles. The molecular formula is C31H22ClF3N2O5.